The van der Waals surface area contributed by atoms with Gasteiger partial charge in [-0.1, -0.05) is 0 Å². The Labute approximate surface area is 77.6 Å². The Morgan fingerprint density at radius 1 is 1.46 bits per heavy atom. The zero-order valence-corrected chi connectivity index (χ0v) is 7.66. The maximum Gasteiger partial charge on any atom is 0.133 e. The standard InChI is InChI=1S/C9H12N3O/c1-8-10-3-2-9(11-8)12-4-6-13-7-5-12/h2H,4-7H2,1H3. The molecule has 2 rings (SSSR count). The molecule has 0 aliphatic carbocycles. The number of rotatable bonds is 1. The second-order valence-electron chi connectivity index (χ2n) is 3.00. The van der Waals surface area contributed by atoms with Gasteiger partial charge in [-0.05, 0) is 6.92 Å². The van der Waals surface area contributed by atoms with Gasteiger partial charge in [-0.2, -0.15) is 0 Å². The highest BCUT2D eigenvalue weighted by Crippen LogP contribution is 2.10. The number of aromatic nitrogens is 2. The van der Waals surface area contributed by atoms with Crippen LogP contribution in [-0.2, 0) is 4.74 Å². The molecule has 1 saturated heterocycles. The van der Waals surface area contributed by atoms with Gasteiger partial charge in [0, 0.05) is 19.2 Å². The number of hydrogen-bond acceptors (Lipinski definition) is 4. The highest BCUT2D eigenvalue weighted by Gasteiger charge is 2.11. The van der Waals surface area contributed by atoms with E-state index in [4.69, 9.17) is 4.74 Å². The lowest BCUT2D eigenvalue weighted by Crippen LogP contribution is -2.36. The topological polar surface area (TPSA) is 38.2 Å². The minimum atomic E-state index is 0.768. The number of ether oxygens (including phenoxy) is 1. The summed E-state index contributed by atoms with van der Waals surface area (Å²) in [6.07, 6.45) is 2.83. The van der Waals surface area contributed by atoms with Crippen molar-refractivity contribution >= 4 is 5.82 Å². The molecule has 1 aliphatic heterocycles. The van der Waals surface area contributed by atoms with Crippen molar-refractivity contribution in [1.29, 1.82) is 0 Å². The van der Waals surface area contributed by atoms with Crippen LogP contribution in [0.4, 0.5) is 5.82 Å². The Bertz CT molecular complexity index is 284. The third kappa shape index (κ3) is 1.95. The maximum atomic E-state index is 5.26. The molecule has 2 heterocycles. The van der Waals surface area contributed by atoms with Crippen molar-refractivity contribution in [2.24, 2.45) is 0 Å². The van der Waals surface area contributed by atoms with Crippen LogP contribution in [0, 0.1) is 13.1 Å². The van der Waals surface area contributed by atoms with Gasteiger partial charge in [0.1, 0.15) is 11.6 Å². The first-order chi connectivity index (χ1) is 6.36. The summed E-state index contributed by atoms with van der Waals surface area (Å²) in [4.78, 5) is 10.5. The van der Waals surface area contributed by atoms with Crippen molar-refractivity contribution in [2.45, 2.75) is 6.92 Å². The molecule has 0 aromatic carbocycles. The van der Waals surface area contributed by atoms with Gasteiger partial charge in [0.25, 0.3) is 0 Å². The van der Waals surface area contributed by atoms with Gasteiger partial charge in [-0.3, -0.25) is 0 Å². The van der Waals surface area contributed by atoms with Crippen LogP contribution in [0.3, 0.4) is 0 Å². The maximum absolute atomic E-state index is 5.26. The van der Waals surface area contributed by atoms with Crippen LogP contribution in [0.1, 0.15) is 5.82 Å². The summed E-state index contributed by atoms with van der Waals surface area (Å²) < 4.78 is 5.26. The molecule has 0 unspecified atom stereocenters. The fourth-order valence-corrected chi connectivity index (χ4v) is 1.36. The molecule has 1 aromatic heterocycles. The molecule has 0 saturated carbocycles. The molecule has 4 heteroatoms. The van der Waals surface area contributed by atoms with E-state index in [0.29, 0.717) is 0 Å². The predicted octanol–water partition coefficient (Wildman–Crippen LogP) is 0.422. The van der Waals surface area contributed by atoms with E-state index in [-0.39, 0.29) is 0 Å². The number of nitrogens with zero attached hydrogens (tertiary/aromatic N) is 3. The summed E-state index contributed by atoms with van der Waals surface area (Å²) in [5, 5.41) is 0. The lowest BCUT2D eigenvalue weighted by atomic mass is 10.4. The van der Waals surface area contributed by atoms with Gasteiger partial charge >= 0.3 is 0 Å². The molecule has 1 aromatic rings. The Morgan fingerprint density at radius 3 is 2.92 bits per heavy atom. The average molecular weight is 178 g/mol. The van der Waals surface area contributed by atoms with Gasteiger partial charge in [-0.25, -0.2) is 9.97 Å². The van der Waals surface area contributed by atoms with Crippen LogP contribution in [-0.4, -0.2) is 36.3 Å². The van der Waals surface area contributed by atoms with E-state index in [2.05, 4.69) is 21.1 Å². The van der Waals surface area contributed by atoms with Crippen LogP contribution in [0.15, 0.2) is 6.07 Å². The third-order valence-electron chi connectivity index (χ3n) is 2.03. The fraction of sp³-hybridized carbons (Fsp3) is 0.556. The Morgan fingerprint density at radius 2 is 2.23 bits per heavy atom. The molecular formula is C9H12N3O. The lowest BCUT2D eigenvalue weighted by molar-refractivity contribution is 0.122. The third-order valence-corrected chi connectivity index (χ3v) is 2.03. The van der Waals surface area contributed by atoms with Crippen LogP contribution in [0.25, 0.3) is 0 Å². The minimum Gasteiger partial charge on any atom is -0.378 e. The molecule has 1 fully saturated rings. The molecule has 0 spiro atoms. The Balaban J connectivity index is 2.14. The summed E-state index contributed by atoms with van der Waals surface area (Å²) in [5.41, 5.74) is 0. The summed E-state index contributed by atoms with van der Waals surface area (Å²) in [5.74, 6) is 1.72. The lowest BCUT2D eigenvalue weighted by Gasteiger charge is -2.27. The van der Waals surface area contributed by atoms with Gasteiger partial charge in [0.2, 0.25) is 0 Å². The van der Waals surface area contributed by atoms with E-state index < -0.39 is 0 Å². The van der Waals surface area contributed by atoms with Crippen LogP contribution in [0.2, 0.25) is 0 Å². The molecule has 69 valence electrons. The fourth-order valence-electron chi connectivity index (χ4n) is 1.36. The normalized spacial score (nSPS) is 17.5. The molecule has 4 nitrogen and oxygen atoms in total. The molecule has 13 heavy (non-hydrogen) atoms. The van der Waals surface area contributed by atoms with Crippen LogP contribution < -0.4 is 4.90 Å². The highest BCUT2D eigenvalue weighted by atomic mass is 16.5. The van der Waals surface area contributed by atoms with E-state index in [9.17, 15) is 0 Å². The Kier molecular flexibility index (Phi) is 2.40. The molecule has 1 radical (unpaired) electrons. The van der Waals surface area contributed by atoms with Crippen LogP contribution in [0.5, 0.6) is 0 Å². The summed E-state index contributed by atoms with van der Waals surface area (Å²) in [6.45, 7) is 5.25. The number of hydrogen-bond donors (Lipinski definition) is 0. The Hall–Kier alpha value is -1.16. The number of anilines is 1. The number of morpholine rings is 1. The van der Waals surface area contributed by atoms with E-state index >= 15 is 0 Å². The largest absolute Gasteiger partial charge is 0.378 e. The molecule has 0 N–H and O–H groups in total. The van der Waals surface area contributed by atoms with Crippen molar-refractivity contribution in [2.75, 3.05) is 31.2 Å². The average Bonchev–Trinajstić information content (AvgIpc) is 2.19. The summed E-state index contributed by atoms with van der Waals surface area (Å²) in [7, 11) is 0. The molecule has 1 aliphatic rings. The smallest absolute Gasteiger partial charge is 0.133 e. The van der Waals surface area contributed by atoms with Crippen molar-refractivity contribution in [3.8, 4) is 0 Å². The second-order valence-corrected chi connectivity index (χ2v) is 3.00. The minimum absolute atomic E-state index is 0.768. The van der Waals surface area contributed by atoms with Gasteiger partial charge in [0.15, 0.2) is 0 Å². The first-order valence-electron chi connectivity index (χ1n) is 4.41. The van der Waals surface area contributed by atoms with E-state index in [1.807, 2.05) is 13.0 Å². The van der Waals surface area contributed by atoms with Crippen molar-refractivity contribution in [3.05, 3.63) is 18.1 Å². The zero-order valence-electron chi connectivity index (χ0n) is 7.66. The van der Waals surface area contributed by atoms with Crippen molar-refractivity contribution in [3.63, 3.8) is 0 Å². The summed E-state index contributed by atoms with van der Waals surface area (Å²) in [6, 6.07) is 1.82. The monoisotopic (exact) mass is 178 g/mol. The van der Waals surface area contributed by atoms with Gasteiger partial charge < -0.3 is 9.64 Å². The molecular weight excluding hydrogens is 166 g/mol. The zero-order chi connectivity index (χ0) is 9.10. The first-order valence-corrected chi connectivity index (χ1v) is 4.41. The van der Waals surface area contributed by atoms with E-state index in [1.54, 1.807) is 0 Å². The predicted molar refractivity (Wildman–Crippen MR) is 48.6 cm³/mol. The van der Waals surface area contributed by atoms with Crippen molar-refractivity contribution < 1.29 is 4.74 Å². The SMILES string of the molecule is Cc1n[c]cc(N2CCOCC2)n1. The van der Waals surface area contributed by atoms with Crippen molar-refractivity contribution in [1.82, 2.24) is 9.97 Å². The number of aryl methyl sites for hydroxylation is 1. The quantitative estimate of drug-likeness (QED) is 0.624. The first kappa shape index (κ1) is 8.44. The van der Waals surface area contributed by atoms with E-state index in [0.717, 1.165) is 37.9 Å². The van der Waals surface area contributed by atoms with Gasteiger partial charge in [0.05, 0.1) is 19.4 Å². The van der Waals surface area contributed by atoms with Gasteiger partial charge in [-0.15, -0.1) is 0 Å². The van der Waals surface area contributed by atoms with E-state index in [1.165, 1.54) is 0 Å². The summed E-state index contributed by atoms with van der Waals surface area (Å²) >= 11 is 0. The molecule has 0 atom stereocenters. The molecule has 0 bridgehead atoms. The van der Waals surface area contributed by atoms with Crippen LogP contribution >= 0.6 is 0 Å². The second kappa shape index (κ2) is 3.70. The molecule has 0 amide bonds. The highest BCUT2D eigenvalue weighted by molar-refractivity contribution is 5.37.